The Kier molecular flexibility index (Phi) is 5.19. The van der Waals surface area contributed by atoms with E-state index in [4.69, 9.17) is 5.73 Å². The Labute approximate surface area is 116 Å². The van der Waals surface area contributed by atoms with Gasteiger partial charge in [-0.3, -0.25) is 9.69 Å². The van der Waals surface area contributed by atoms with Gasteiger partial charge in [0, 0.05) is 45.3 Å². The van der Waals surface area contributed by atoms with Crippen LogP contribution in [0.5, 0.6) is 0 Å². The minimum absolute atomic E-state index is 0.0216. The summed E-state index contributed by atoms with van der Waals surface area (Å²) in [5, 5.41) is 0. The first-order valence-electron chi connectivity index (χ1n) is 7.62. The third-order valence-corrected chi connectivity index (χ3v) is 4.61. The highest BCUT2D eigenvalue weighted by Crippen LogP contribution is 2.13. The van der Waals surface area contributed by atoms with Crippen LogP contribution in [0.2, 0.25) is 0 Å². The van der Waals surface area contributed by atoms with Crippen molar-refractivity contribution in [2.45, 2.75) is 38.8 Å². The molecule has 0 aromatic heterocycles. The average Bonchev–Trinajstić information content (AvgIpc) is 2.46. The zero-order valence-electron chi connectivity index (χ0n) is 12.3. The Morgan fingerprint density at radius 1 is 1.16 bits per heavy atom. The van der Waals surface area contributed by atoms with Crippen LogP contribution < -0.4 is 5.73 Å². The predicted octanol–water partition coefficient (Wildman–Crippen LogP) is -0.0379. The largest absolute Gasteiger partial charge is 0.341 e. The Bertz CT molecular complexity index is 294. The van der Waals surface area contributed by atoms with Gasteiger partial charge in [-0.1, -0.05) is 6.92 Å². The van der Waals surface area contributed by atoms with E-state index in [-0.39, 0.29) is 18.0 Å². The molecule has 0 spiro atoms. The van der Waals surface area contributed by atoms with Gasteiger partial charge < -0.3 is 15.5 Å². The predicted molar refractivity (Wildman–Crippen MR) is 76.9 cm³/mol. The molecule has 1 atom stereocenters. The third-order valence-electron chi connectivity index (χ3n) is 4.61. The zero-order valence-corrected chi connectivity index (χ0v) is 12.3. The van der Waals surface area contributed by atoms with E-state index >= 15 is 0 Å². The van der Waals surface area contributed by atoms with Crippen LogP contribution >= 0.6 is 0 Å². The number of piperazine rings is 1. The SMILES string of the molecule is CCN1CCN(C(C)C(=O)N2CCC(N)CC2)CC1. The number of nitrogens with zero attached hydrogens (tertiary/aromatic N) is 3. The van der Waals surface area contributed by atoms with Gasteiger partial charge in [-0.25, -0.2) is 0 Å². The van der Waals surface area contributed by atoms with Crippen LogP contribution in [0, 0.1) is 0 Å². The minimum Gasteiger partial charge on any atom is -0.341 e. The van der Waals surface area contributed by atoms with Crippen LogP contribution in [0.3, 0.4) is 0 Å². The lowest BCUT2D eigenvalue weighted by Gasteiger charge is -2.39. The van der Waals surface area contributed by atoms with Gasteiger partial charge in [0.1, 0.15) is 0 Å². The number of carbonyl (C=O) groups is 1. The molecule has 2 N–H and O–H groups in total. The summed E-state index contributed by atoms with van der Waals surface area (Å²) >= 11 is 0. The molecule has 2 saturated heterocycles. The van der Waals surface area contributed by atoms with Gasteiger partial charge in [0.15, 0.2) is 0 Å². The number of nitrogens with two attached hydrogens (primary N) is 1. The summed E-state index contributed by atoms with van der Waals surface area (Å²) in [4.78, 5) is 19.2. The van der Waals surface area contributed by atoms with Crippen LogP contribution in [0.25, 0.3) is 0 Å². The maximum absolute atomic E-state index is 12.5. The molecule has 2 aliphatic heterocycles. The van der Waals surface area contributed by atoms with Gasteiger partial charge in [-0.05, 0) is 26.3 Å². The molecule has 0 aliphatic carbocycles. The first-order chi connectivity index (χ1) is 9.11. The van der Waals surface area contributed by atoms with Gasteiger partial charge >= 0.3 is 0 Å². The molecule has 5 nitrogen and oxygen atoms in total. The molecule has 0 aromatic rings. The highest BCUT2D eigenvalue weighted by Gasteiger charge is 2.29. The lowest BCUT2D eigenvalue weighted by molar-refractivity contribution is -0.138. The second-order valence-electron chi connectivity index (χ2n) is 5.81. The summed E-state index contributed by atoms with van der Waals surface area (Å²) in [5.41, 5.74) is 5.89. The Balaban J connectivity index is 1.82. The van der Waals surface area contributed by atoms with Gasteiger partial charge in [-0.15, -0.1) is 0 Å². The molecule has 2 aliphatic rings. The van der Waals surface area contributed by atoms with Crippen LogP contribution in [0.1, 0.15) is 26.7 Å². The van der Waals surface area contributed by atoms with Gasteiger partial charge in [0.05, 0.1) is 6.04 Å². The molecule has 110 valence electrons. The fraction of sp³-hybridized carbons (Fsp3) is 0.929. The van der Waals surface area contributed by atoms with Crippen molar-refractivity contribution in [2.24, 2.45) is 5.73 Å². The molecule has 0 aromatic carbocycles. The molecule has 1 amide bonds. The summed E-state index contributed by atoms with van der Waals surface area (Å²) in [7, 11) is 0. The number of piperidine rings is 1. The van der Waals surface area contributed by atoms with E-state index in [1.165, 1.54) is 0 Å². The standard InChI is InChI=1S/C14H28N4O/c1-3-16-8-10-17(11-9-16)12(2)14(19)18-6-4-13(15)5-7-18/h12-13H,3-11,15H2,1-2H3. The van der Waals surface area contributed by atoms with Gasteiger partial charge in [0.2, 0.25) is 5.91 Å². The van der Waals surface area contributed by atoms with E-state index in [1.54, 1.807) is 0 Å². The lowest BCUT2D eigenvalue weighted by Crippen LogP contribution is -2.55. The third kappa shape index (κ3) is 3.68. The Hall–Kier alpha value is -0.650. The molecular formula is C14H28N4O. The molecule has 2 rings (SSSR count). The molecular weight excluding hydrogens is 240 g/mol. The van der Waals surface area contributed by atoms with Crippen molar-refractivity contribution in [3.05, 3.63) is 0 Å². The van der Waals surface area contributed by atoms with Crippen molar-refractivity contribution in [1.29, 1.82) is 0 Å². The number of carbonyl (C=O) groups excluding carboxylic acids is 1. The molecule has 0 radical (unpaired) electrons. The van der Waals surface area contributed by atoms with Gasteiger partial charge in [-0.2, -0.15) is 0 Å². The normalized spacial score (nSPS) is 25.5. The smallest absolute Gasteiger partial charge is 0.239 e. The first-order valence-corrected chi connectivity index (χ1v) is 7.62. The van der Waals surface area contributed by atoms with Crippen molar-refractivity contribution in [3.8, 4) is 0 Å². The monoisotopic (exact) mass is 268 g/mol. The zero-order chi connectivity index (χ0) is 13.8. The number of hydrogen-bond donors (Lipinski definition) is 1. The summed E-state index contributed by atoms with van der Waals surface area (Å²) < 4.78 is 0. The Morgan fingerprint density at radius 2 is 1.74 bits per heavy atom. The van der Waals surface area contributed by atoms with E-state index in [0.29, 0.717) is 0 Å². The molecule has 0 bridgehead atoms. The highest BCUT2D eigenvalue weighted by molar-refractivity contribution is 5.81. The fourth-order valence-electron chi connectivity index (χ4n) is 3.01. The average molecular weight is 268 g/mol. The number of likely N-dealkylation sites (N-methyl/N-ethyl adjacent to an activating group) is 1. The molecule has 19 heavy (non-hydrogen) atoms. The summed E-state index contributed by atoms with van der Waals surface area (Å²) in [6.07, 6.45) is 1.89. The number of rotatable bonds is 3. The van der Waals surface area contributed by atoms with Crippen LogP contribution in [0.4, 0.5) is 0 Å². The van der Waals surface area contributed by atoms with Crippen molar-refractivity contribution >= 4 is 5.91 Å². The molecule has 2 fully saturated rings. The van der Waals surface area contributed by atoms with Crippen molar-refractivity contribution in [3.63, 3.8) is 0 Å². The van der Waals surface area contributed by atoms with E-state index in [1.807, 2.05) is 4.90 Å². The van der Waals surface area contributed by atoms with Crippen LogP contribution in [0.15, 0.2) is 0 Å². The van der Waals surface area contributed by atoms with E-state index in [2.05, 4.69) is 23.6 Å². The van der Waals surface area contributed by atoms with Crippen LogP contribution in [-0.2, 0) is 4.79 Å². The van der Waals surface area contributed by atoms with E-state index in [0.717, 1.165) is 58.7 Å². The minimum atomic E-state index is 0.0216. The van der Waals surface area contributed by atoms with Crippen LogP contribution in [-0.4, -0.2) is 78.5 Å². The fourth-order valence-corrected chi connectivity index (χ4v) is 3.01. The summed E-state index contributed by atoms with van der Waals surface area (Å²) in [5.74, 6) is 0.289. The second-order valence-corrected chi connectivity index (χ2v) is 5.81. The second kappa shape index (κ2) is 6.68. The number of amides is 1. The Morgan fingerprint density at radius 3 is 2.26 bits per heavy atom. The molecule has 2 heterocycles. The van der Waals surface area contributed by atoms with Gasteiger partial charge in [0.25, 0.3) is 0 Å². The van der Waals surface area contributed by atoms with Crippen molar-refractivity contribution < 1.29 is 4.79 Å². The van der Waals surface area contributed by atoms with E-state index in [9.17, 15) is 4.79 Å². The van der Waals surface area contributed by atoms with Crippen molar-refractivity contribution in [2.75, 3.05) is 45.8 Å². The topological polar surface area (TPSA) is 52.8 Å². The first kappa shape index (κ1) is 14.8. The number of hydrogen-bond acceptors (Lipinski definition) is 4. The quantitative estimate of drug-likeness (QED) is 0.780. The molecule has 0 saturated carbocycles. The maximum Gasteiger partial charge on any atom is 0.239 e. The maximum atomic E-state index is 12.5. The molecule has 1 unspecified atom stereocenters. The van der Waals surface area contributed by atoms with E-state index < -0.39 is 0 Å². The number of likely N-dealkylation sites (tertiary alicyclic amines) is 1. The summed E-state index contributed by atoms with van der Waals surface area (Å²) in [6.45, 7) is 11.2. The van der Waals surface area contributed by atoms with Crippen molar-refractivity contribution in [1.82, 2.24) is 14.7 Å². The molecule has 5 heteroatoms. The summed E-state index contributed by atoms with van der Waals surface area (Å²) in [6, 6.07) is 0.306. The lowest BCUT2D eigenvalue weighted by atomic mass is 10.0. The highest BCUT2D eigenvalue weighted by atomic mass is 16.2.